The quantitative estimate of drug-likeness (QED) is 0.830. The van der Waals surface area contributed by atoms with Crippen LogP contribution in [0.25, 0.3) is 0 Å². The molecule has 1 unspecified atom stereocenters. The van der Waals surface area contributed by atoms with Crippen molar-refractivity contribution in [1.29, 1.82) is 0 Å². The van der Waals surface area contributed by atoms with Crippen molar-refractivity contribution in [1.82, 2.24) is 10.2 Å². The van der Waals surface area contributed by atoms with Crippen molar-refractivity contribution in [3.8, 4) is 0 Å². The summed E-state index contributed by atoms with van der Waals surface area (Å²) >= 11 is 1.00. The molecule has 2 amide bonds. The third-order valence-corrected chi connectivity index (χ3v) is 4.34. The molecule has 0 aliphatic carbocycles. The van der Waals surface area contributed by atoms with Crippen molar-refractivity contribution in [3.63, 3.8) is 0 Å². The molecule has 0 spiro atoms. The molecule has 0 bridgehead atoms. The number of hydrogen-bond acceptors (Lipinski definition) is 4. The van der Waals surface area contributed by atoms with E-state index in [-0.39, 0.29) is 17.3 Å². The van der Waals surface area contributed by atoms with E-state index in [1.165, 1.54) is 6.07 Å². The van der Waals surface area contributed by atoms with E-state index in [4.69, 9.17) is 0 Å². The minimum atomic E-state index is -5.12. The van der Waals surface area contributed by atoms with Crippen LogP contribution in [0.15, 0.2) is 29.3 Å². The summed E-state index contributed by atoms with van der Waals surface area (Å²) in [6.07, 6.45) is -5.12. The van der Waals surface area contributed by atoms with Crippen LogP contribution in [0.4, 0.5) is 17.6 Å². The van der Waals surface area contributed by atoms with Gasteiger partial charge in [0.15, 0.2) is 5.17 Å². The molecule has 10 heteroatoms. The average molecular weight is 347 g/mol. The van der Waals surface area contributed by atoms with Crippen LogP contribution in [0.1, 0.15) is 10.4 Å². The highest BCUT2D eigenvalue weighted by atomic mass is 32.2. The summed E-state index contributed by atoms with van der Waals surface area (Å²) in [6.45, 7) is 0.0933. The zero-order valence-electron chi connectivity index (χ0n) is 11.4. The molecule has 122 valence electrons. The molecule has 0 aromatic heterocycles. The van der Waals surface area contributed by atoms with E-state index >= 15 is 0 Å². The number of thioether (sulfide) groups is 1. The second-order valence-electron chi connectivity index (χ2n) is 4.87. The predicted octanol–water partition coefficient (Wildman–Crippen LogP) is 1.76. The third kappa shape index (κ3) is 2.46. The number of hydrogen-bond donors (Lipinski definition) is 1. The van der Waals surface area contributed by atoms with Gasteiger partial charge in [0.1, 0.15) is 5.82 Å². The predicted molar refractivity (Wildman–Crippen MR) is 74.3 cm³/mol. The smallest absolute Gasteiger partial charge is 0.312 e. The number of rotatable bonds is 2. The van der Waals surface area contributed by atoms with Crippen molar-refractivity contribution in [2.24, 2.45) is 4.99 Å². The number of nitrogens with zero attached hydrogens (tertiary/aromatic N) is 2. The molecule has 1 N–H and O–H groups in total. The lowest BCUT2D eigenvalue weighted by molar-refractivity contribution is -0.196. The summed E-state index contributed by atoms with van der Waals surface area (Å²) in [5.41, 5.74) is -3.69. The van der Waals surface area contributed by atoms with E-state index in [1.54, 1.807) is 5.32 Å². The standard InChI is InChI=1S/C13H9F4N3O2S/c14-8-3-1-2-7(6-8)9(21)18-12(13(15,16)17)10(22)20-4-5-23-11(20)19-12/h1-3,6H,4-5H2,(H,18,21). The van der Waals surface area contributed by atoms with Crippen molar-refractivity contribution in [3.05, 3.63) is 35.6 Å². The Morgan fingerprint density at radius 1 is 1.39 bits per heavy atom. The first kappa shape index (κ1) is 15.8. The van der Waals surface area contributed by atoms with Gasteiger partial charge in [-0.1, -0.05) is 17.8 Å². The highest BCUT2D eigenvalue weighted by molar-refractivity contribution is 8.14. The van der Waals surface area contributed by atoms with Crippen LogP contribution in [-0.2, 0) is 4.79 Å². The van der Waals surface area contributed by atoms with Crippen molar-refractivity contribution >= 4 is 28.7 Å². The van der Waals surface area contributed by atoms with Crippen LogP contribution < -0.4 is 5.32 Å². The van der Waals surface area contributed by atoms with Crippen LogP contribution in [0.5, 0.6) is 0 Å². The third-order valence-electron chi connectivity index (χ3n) is 3.39. The summed E-state index contributed by atoms with van der Waals surface area (Å²) in [4.78, 5) is 28.5. The van der Waals surface area contributed by atoms with Gasteiger partial charge in [-0.25, -0.2) is 9.38 Å². The lowest BCUT2D eigenvalue weighted by atomic mass is 10.1. The number of aliphatic imine (C=N–C) groups is 1. The number of nitrogens with one attached hydrogen (secondary N) is 1. The summed E-state index contributed by atoms with van der Waals surface area (Å²) in [6, 6.07) is 4.15. The molecule has 1 aromatic rings. The van der Waals surface area contributed by atoms with Gasteiger partial charge in [0.25, 0.3) is 11.8 Å². The van der Waals surface area contributed by atoms with Gasteiger partial charge in [-0.05, 0) is 18.2 Å². The van der Waals surface area contributed by atoms with E-state index in [1.807, 2.05) is 0 Å². The Morgan fingerprint density at radius 3 is 2.74 bits per heavy atom. The number of halogens is 4. The zero-order chi connectivity index (χ0) is 16.8. The molecule has 2 aliphatic rings. The SMILES string of the molecule is O=C(NC1(C(F)(F)F)N=C2SCCN2C1=O)c1cccc(F)c1. The second kappa shape index (κ2) is 5.22. The molecule has 0 saturated carbocycles. The van der Waals surface area contributed by atoms with Crippen LogP contribution in [0, 0.1) is 5.82 Å². The van der Waals surface area contributed by atoms with Gasteiger partial charge in [0.05, 0.1) is 0 Å². The largest absolute Gasteiger partial charge is 0.442 e. The molecule has 0 radical (unpaired) electrons. The fraction of sp³-hybridized carbons (Fsp3) is 0.308. The summed E-state index contributed by atoms with van der Waals surface area (Å²) in [5.74, 6) is -2.92. The van der Waals surface area contributed by atoms with Gasteiger partial charge < -0.3 is 5.32 Å². The van der Waals surface area contributed by atoms with Crippen molar-refractivity contribution < 1.29 is 27.2 Å². The molecule has 5 nitrogen and oxygen atoms in total. The molecule has 1 atom stereocenters. The fourth-order valence-electron chi connectivity index (χ4n) is 2.27. The molecule has 23 heavy (non-hydrogen) atoms. The first-order valence-corrected chi connectivity index (χ1v) is 7.42. The second-order valence-corrected chi connectivity index (χ2v) is 5.93. The highest BCUT2D eigenvalue weighted by Gasteiger charge is 2.67. The summed E-state index contributed by atoms with van der Waals surface area (Å²) in [5, 5.41) is 1.55. The average Bonchev–Trinajstić information content (AvgIpc) is 3.01. The van der Waals surface area contributed by atoms with Gasteiger partial charge >= 0.3 is 11.8 Å². The number of amides is 2. The Hall–Kier alpha value is -2.10. The molecular formula is C13H9F4N3O2S. The number of carbonyl (C=O) groups excluding carboxylic acids is 2. The Labute approximate surface area is 131 Å². The van der Waals surface area contributed by atoms with Crippen molar-refractivity contribution in [2.45, 2.75) is 11.8 Å². The number of amidine groups is 1. The van der Waals surface area contributed by atoms with Crippen LogP contribution >= 0.6 is 11.8 Å². The maximum absolute atomic E-state index is 13.5. The molecule has 3 rings (SSSR count). The van der Waals surface area contributed by atoms with Crippen LogP contribution in [0.2, 0.25) is 0 Å². The van der Waals surface area contributed by atoms with Gasteiger partial charge in [0.2, 0.25) is 0 Å². The minimum absolute atomic E-state index is 0.0770. The number of carbonyl (C=O) groups is 2. The molecular weight excluding hydrogens is 338 g/mol. The molecule has 1 fully saturated rings. The normalized spacial score (nSPS) is 23.7. The zero-order valence-corrected chi connectivity index (χ0v) is 12.2. The van der Waals surface area contributed by atoms with Gasteiger partial charge in [-0.2, -0.15) is 13.2 Å². The van der Waals surface area contributed by atoms with E-state index in [0.717, 1.165) is 34.9 Å². The molecule has 1 saturated heterocycles. The Kier molecular flexibility index (Phi) is 3.58. The minimum Gasteiger partial charge on any atom is -0.312 e. The lowest BCUT2D eigenvalue weighted by Crippen LogP contribution is -2.63. The number of alkyl halides is 3. The first-order chi connectivity index (χ1) is 10.7. The van der Waals surface area contributed by atoms with Gasteiger partial charge in [0, 0.05) is 17.9 Å². The Morgan fingerprint density at radius 2 is 2.13 bits per heavy atom. The Bertz CT molecular complexity index is 721. The van der Waals surface area contributed by atoms with Gasteiger partial charge in [-0.3, -0.25) is 14.5 Å². The molecule has 2 heterocycles. The highest BCUT2D eigenvalue weighted by Crippen LogP contribution is 2.40. The van der Waals surface area contributed by atoms with Gasteiger partial charge in [-0.15, -0.1) is 0 Å². The Balaban J connectivity index is 1.98. The first-order valence-electron chi connectivity index (χ1n) is 6.44. The van der Waals surface area contributed by atoms with E-state index < -0.39 is 29.5 Å². The number of fused-ring (bicyclic) bond motifs is 1. The van der Waals surface area contributed by atoms with Crippen LogP contribution in [-0.4, -0.2) is 46.0 Å². The maximum Gasteiger partial charge on any atom is 0.442 e. The van der Waals surface area contributed by atoms with Crippen molar-refractivity contribution in [2.75, 3.05) is 12.3 Å². The van der Waals surface area contributed by atoms with E-state index in [9.17, 15) is 27.2 Å². The van der Waals surface area contributed by atoms with E-state index in [2.05, 4.69) is 4.99 Å². The summed E-state index contributed by atoms with van der Waals surface area (Å²) in [7, 11) is 0. The molecule has 2 aliphatic heterocycles. The lowest BCUT2D eigenvalue weighted by Gasteiger charge is -2.28. The van der Waals surface area contributed by atoms with Crippen LogP contribution in [0.3, 0.4) is 0 Å². The van der Waals surface area contributed by atoms with E-state index in [0.29, 0.717) is 5.75 Å². The number of benzene rings is 1. The molecule has 1 aromatic carbocycles. The topological polar surface area (TPSA) is 61.8 Å². The maximum atomic E-state index is 13.5. The fourth-order valence-corrected chi connectivity index (χ4v) is 3.26. The monoisotopic (exact) mass is 347 g/mol. The summed E-state index contributed by atoms with van der Waals surface area (Å²) < 4.78 is 53.6.